The first-order chi connectivity index (χ1) is 14.7. The van der Waals surface area contributed by atoms with Crippen molar-refractivity contribution in [2.75, 3.05) is 19.7 Å². The maximum Gasteiger partial charge on any atom is 0.435 e. The summed E-state index contributed by atoms with van der Waals surface area (Å²) in [6, 6.07) is 9.60. The molecule has 0 aliphatic carbocycles. The topological polar surface area (TPSA) is 60.2 Å². The van der Waals surface area contributed by atoms with E-state index in [0.717, 1.165) is 24.3 Å². The number of morpholine rings is 1. The van der Waals surface area contributed by atoms with E-state index in [1.807, 2.05) is 0 Å². The number of alkyl halides is 3. The Morgan fingerprint density at radius 1 is 1.00 bits per heavy atom. The number of amides is 1. The minimum absolute atomic E-state index is 0.0365. The van der Waals surface area contributed by atoms with Gasteiger partial charge in [0.25, 0.3) is 5.91 Å². The van der Waals surface area contributed by atoms with E-state index in [-0.39, 0.29) is 25.4 Å². The third kappa shape index (κ3) is 4.26. The predicted molar refractivity (Wildman–Crippen MR) is 97.3 cm³/mol. The molecule has 11 heteroatoms. The lowest BCUT2D eigenvalue weighted by molar-refractivity contribution is -0.143. The summed E-state index contributed by atoms with van der Waals surface area (Å²) in [5, 5.41) is 6.97. The van der Waals surface area contributed by atoms with Gasteiger partial charge in [0, 0.05) is 6.54 Å². The maximum atomic E-state index is 13.8. The average molecular weight is 438 g/mol. The van der Waals surface area contributed by atoms with E-state index in [1.165, 1.54) is 29.2 Å². The first-order valence-corrected chi connectivity index (χ1v) is 9.19. The third-order valence-corrected chi connectivity index (χ3v) is 4.81. The molecule has 4 rings (SSSR count). The summed E-state index contributed by atoms with van der Waals surface area (Å²) in [5.41, 5.74) is -1.72. The van der Waals surface area contributed by atoms with Gasteiger partial charge in [-0.25, -0.2) is 13.5 Å². The molecule has 1 saturated heterocycles. The van der Waals surface area contributed by atoms with Crippen molar-refractivity contribution in [1.82, 2.24) is 19.9 Å². The summed E-state index contributed by atoms with van der Waals surface area (Å²) >= 11 is 0. The number of benzene rings is 2. The molecule has 0 bridgehead atoms. The van der Waals surface area contributed by atoms with Gasteiger partial charge in [-0.15, -0.1) is 5.10 Å². The van der Waals surface area contributed by atoms with Gasteiger partial charge in [-0.2, -0.15) is 13.2 Å². The van der Waals surface area contributed by atoms with Gasteiger partial charge in [-0.05, 0) is 42.0 Å². The first kappa shape index (κ1) is 20.9. The lowest BCUT2D eigenvalue weighted by atomic mass is 10.1. The summed E-state index contributed by atoms with van der Waals surface area (Å²) in [4.78, 5) is 14.1. The van der Waals surface area contributed by atoms with Crippen molar-refractivity contribution >= 4 is 5.91 Å². The van der Waals surface area contributed by atoms with Crippen LogP contribution in [0.5, 0.6) is 0 Å². The molecule has 162 valence electrons. The zero-order chi connectivity index (χ0) is 22.2. The van der Waals surface area contributed by atoms with Crippen molar-refractivity contribution in [3.8, 4) is 5.69 Å². The standard InChI is InChI=1S/C20H15F5N4O2/c21-13-3-1-12(2-4-13)16-11-28(9-10-31-16)19(30)17-18(20(23,24)25)29(27-26-17)15-7-5-14(22)6-8-15/h1-8,16H,9-11H2. The zero-order valence-electron chi connectivity index (χ0n) is 15.8. The highest BCUT2D eigenvalue weighted by Gasteiger charge is 2.43. The molecule has 1 amide bonds. The second-order valence-corrected chi connectivity index (χ2v) is 6.83. The molecule has 0 radical (unpaired) electrons. The van der Waals surface area contributed by atoms with E-state index < -0.39 is 41.2 Å². The van der Waals surface area contributed by atoms with Gasteiger partial charge in [0.05, 0.1) is 18.8 Å². The van der Waals surface area contributed by atoms with Gasteiger partial charge < -0.3 is 9.64 Å². The Morgan fingerprint density at radius 2 is 1.61 bits per heavy atom. The van der Waals surface area contributed by atoms with Crippen LogP contribution in [0.15, 0.2) is 48.5 Å². The van der Waals surface area contributed by atoms with Crippen LogP contribution >= 0.6 is 0 Å². The van der Waals surface area contributed by atoms with Crippen LogP contribution in [0.1, 0.15) is 27.8 Å². The predicted octanol–water partition coefficient (Wildman–Crippen LogP) is 3.78. The molecule has 6 nitrogen and oxygen atoms in total. The molecule has 3 aromatic rings. The Kier molecular flexibility index (Phi) is 5.44. The Morgan fingerprint density at radius 3 is 2.23 bits per heavy atom. The van der Waals surface area contributed by atoms with Gasteiger partial charge >= 0.3 is 6.18 Å². The molecule has 1 atom stereocenters. The van der Waals surface area contributed by atoms with Crippen LogP contribution < -0.4 is 0 Å². The number of ether oxygens (including phenoxy) is 1. The smallest absolute Gasteiger partial charge is 0.370 e. The van der Waals surface area contributed by atoms with E-state index >= 15 is 0 Å². The molecule has 1 aliphatic rings. The number of rotatable bonds is 3. The Labute approximate surface area is 172 Å². The summed E-state index contributed by atoms with van der Waals surface area (Å²) in [5.74, 6) is -2.04. The van der Waals surface area contributed by atoms with E-state index in [4.69, 9.17) is 4.74 Å². The van der Waals surface area contributed by atoms with E-state index in [2.05, 4.69) is 10.3 Å². The molecule has 1 aromatic heterocycles. The summed E-state index contributed by atoms with van der Waals surface area (Å²) in [6.45, 7) is 0.101. The number of aromatic nitrogens is 3. The zero-order valence-corrected chi connectivity index (χ0v) is 15.8. The molecular weight excluding hydrogens is 423 g/mol. The highest BCUT2D eigenvalue weighted by molar-refractivity contribution is 5.93. The average Bonchev–Trinajstić information content (AvgIpc) is 3.20. The fourth-order valence-electron chi connectivity index (χ4n) is 3.31. The molecule has 0 saturated carbocycles. The van der Waals surface area contributed by atoms with Crippen LogP contribution in [0.3, 0.4) is 0 Å². The summed E-state index contributed by atoms with van der Waals surface area (Å²) in [6.07, 6.45) is -5.56. The molecule has 2 aromatic carbocycles. The third-order valence-electron chi connectivity index (χ3n) is 4.81. The number of hydrogen-bond acceptors (Lipinski definition) is 4. The van der Waals surface area contributed by atoms with Crippen LogP contribution in [-0.2, 0) is 10.9 Å². The van der Waals surface area contributed by atoms with Gasteiger partial charge in [-0.3, -0.25) is 4.79 Å². The number of halogens is 5. The monoisotopic (exact) mass is 438 g/mol. The number of hydrogen-bond donors (Lipinski definition) is 0. The second kappa shape index (κ2) is 8.06. The Bertz CT molecular complexity index is 1080. The maximum absolute atomic E-state index is 13.8. The van der Waals surface area contributed by atoms with E-state index in [0.29, 0.717) is 10.2 Å². The van der Waals surface area contributed by atoms with Gasteiger partial charge in [-0.1, -0.05) is 17.3 Å². The second-order valence-electron chi connectivity index (χ2n) is 6.83. The van der Waals surface area contributed by atoms with Gasteiger partial charge in [0.1, 0.15) is 17.7 Å². The van der Waals surface area contributed by atoms with Crippen molar-refractivity contribution in [3.63, 3.8) is 0 Å². The number of carbonyl (C=O) groups excluding carboxylic acids is 1. The molecule has 0 N–H and O–H groups in total. The minimum Gasteiger partial charge on any atom is -0.370 e. The Hall–Kier alpha value is -3.34. The van der Waals surface area contributed by atoms with Crippen molar-refractivity contribution in [2.45, 2.75) is 12.3 Å². The van der Waals surface area contributed by atoms with Crippen LogP contribution in [0.2, 0.25) is 0 Å². The molecule has 0 spiro atoms. The molecule has 2 heterocycles. The highest BCUT2D eigenvalue weighted by Crippen LogP contribution is 2.34. The summed E-state index contributed by atoms with van der Waals surface area (Å²) < 4.78 is 73.8. The van der Waals surface area contributed by atoms with Gasteiger partial charge in [0.2, 0.25) is 0 Å². The van der Waals surface area contributed by atoms with Crippen molar-refractivity contribution in [1.29, 1.82) is 0 Å². The minimum atomic E-state index is -4.94. The SMILES string of the molecule is O=C(c1nnn(-c2ccc(F)cc2)c1C(F)(F)F)N1CCOC(c2ccc(F)cc2)C1. The van der Waals surface area contributed by atoms with Crippen LogP contribution in [0.4, 0.5) is 22.0 Å². The first-order valence-electron chi connectivity index (χ1n) is 9.19. The van der Waals surface area contributed by atoms with Crippen LogP contribution in [0.25, 0.3) is 5.69 Å². The fraction of sp³-hybridized carbons (Fsp3) is 0.250. The largest absolute Gasteiger partial charge is 0.435 e. The van der Waals surface area contributed by atoms with Crippen molar-refractivity contribution < 1.29 is 31.5 Å². The molecular formula is C20H15F5N4O2. The van der Waals surface area contributed by atoms with E-state index in [9.17, 15) is 26.7 Å². The quantitative estimate of drug-likeness (QED) is 0.584. The lowest BCUT2D eigenvalue weighted by Crippen LogP contribution is -2.43. The molecule has 31 heavy (non-hydrogen) atoms. The van der Waals surface area contributed by atoms with Crippen molar-refractivity contribution in [3.05, 3.63) is 77.1 Å². The molecule has 1 fully saturated rings. The highest BCUT2D eigenvalue weighted by atomic mass is 19.4. The number of nitrogens with zero attached hydrogens (tertiary/aromatic N) is 4. The van der Waals surface area contributed by atoms with Crippen LogP contribution in [0, 0.1) is 11.6 Å². The molecule has 1 aliphatic heterocycles. The summed E-state index contributed by atoms with van der Waals surface area (Å²) in [7, 11) is 0. The van der Waals surface area contributed by atoms with Gasteiger partial charge in [0.15, 0.2) is 11.4 Å². The fourth-order valence-corrected chi connectivity index (χ4v) is 3.31. The Balaban J connectivity index is 1.65. The lowest BCUT2D eigenvalue weighted by Gasteiger charge is -2.33. The number of carbonyl (C=O) groups is 1. The van der Waals surface area contributed by atoms with Crippen molar-refractivity contribution in [2.24, 2.45) is 0 Å². The van der Waals surface area contributed by atoms with Crippen LogP contribution in [-0.4, -0.2) is 45.5 Å². The normalized spacial score (nSPS) is 17.1. The molecule has 1 unspecified atom stereocenters. The van der Waals surface area contributed by atoms with E-state index in [1.54, 1.807) is 0 Å².